The fourth-order valence-electron chi connectivity index (χ4n) is 4.26. The number of anilines is 1. The number of oxime groups is 1. The highest BCUT2D eigenvalue weighted by molar-refractivity contribution is 8.00. The number of β-lactam (4-membered cyclic amide) rings is 1. The molecule has 0 bridgehead atoms. The average Bonchev–Trinajstić information content (AvgIpc) is 3.37. The minimum absolute atomic E-state index is 0. The van der Waals surface area contributed by atoms with Gasteiger partial charge in [0.2, 0.25) is 0 Å². The van der Waals surface area contributed by atoms with Gasteiger partial charge < -0.3 is 25.9 Å². The number of halogens is 1. The lowest BCUT2D eigenvalue weighted by Gasteiger charge is -2.49. The highest BCUT2D eigenvalue weighted by Gasteiger charge is 2.54. The number of carbonyl (C=O) groups excluding carboxylic acids is 2. The van der Waals surface area contributed by atoms with E-state index in [-0.39, 0.29) is 40.7 Å². The maximum Gasteiger partial charge on any atom is 0.352 e. The second-order valence-electron chi connectivity index (χ2n) is 7.79. The molecule has 2 fully saturated rings. The standard InChI is InChI=1S/C19H24N6O5S2.ClH/c1-24-5-3-4-10(24)6-9-7-31-17-13(16(27)25(17)14(9)18(28)29)22-15(26)12(23-30-2)11-8-32-19(20)21-11;/h8,10,13,17H,3-7H2,1-2H3,(H2,20,21)(H,22,26)(H,28,29);1H/b23-12-;/t10?,13-,17-;/m1./s1. The van der Waals surface area contributed by atoms with Crippen LogP contribution >= 0.6 is 35.5 Å². The Morgan fingerprint density at radius 2 is 2.21 bits per heavy atom. The summed E-state index contributed by atoms with van der Waals surface area (Å²) in [5.74, 6) is -1.73. The molecule has 4 N–H and O–H groups in total. The van der Waals surface area contributed by atoms with Crippen molar-refractivity contribution in [3.05, 3.63) is 22.3 Å². The Kier molecular flexibility index (Phi) is 7.88. The maximum atomic E-state index is 12.9. The summed E-state index contributed by atoms with van der Waals surface area (Å²) < 4.78 is 0. The minimum atomic E-state index is -1.12. The van der Waals surface area contributed by atoms with Gasteiger partial charge in [0.25, 0.3) is 11.8 Å². The monoisotopic (exact) mass is 516 g/mol. The molecule has 4 rings (SSSR count). The third-order valence-corrected chi connectivity index (χ3v) is 7.87. The van der Waals surface area contributed by atoms with Crippen LogP contribution in [0.25, 0.3) is 0 Å². The summed E-state index contributed by atoms with van der Waals surface area (Å²) >= 11 is 2.60. The average molecular weight is 517 g/mol. The molecule has 1 aromatic rings. The highest BCUT2D eigenvalue weighted by Crippen LogP contribution is 2.42. The molecule has 2 saturated heterocycles. The molecule has 14 heteroatoms. The predicted molar refractivity (Wildman–Crippen MR) is 127 cm³/mol. The summed E-state index contributed by atoms with van der Waals surface area (Å²) in [5.41, 5.74) is 6.57. The molecular weight excluding hydrogens is 492 g/mol. The van der Waals surface area contributed by atoms with Gasteiger partial charge in [0.1, 0.15) is 29.9 Å². The SMILES string of the molecule is CO/N=C(\C(=O)N[C@@H]1C(=O)N2C(C(=O)O)=C(CC3CCCN3C)CS[C@H]12)c1csc(N)n1.Cl. The summed E-state index contributed by atoms with van der Waals surface area (Å²) in [4.78, 5) is 50.1. The molecular formula is C19H25ClN6O5S2. The third-order valence-electron chi connectivity index (χ3n) is 5.85. The van der Waals surface area contributed by atoms with Crippen LogP contribution in [0.5, 0.6) is 0 Å². The van der Waals surface area contributed by atoms with Crippen molar-refractivity contribution < 1.29 is 24.3 Å². The number of amides is 2. The lowest BCUT2D eigenvalue weighted by molar-refractivity contribution is -0.150. The molecule has 3 aliphatic rings. The van der Waals surface area contributed by atoms with E-state index in [2.05, 4.69) is 20.4 Å². The molecule has 0 aromatic carbocycles. The van der Waals surface area contributed by atoms with Gasteiger partial charge in [-0.2, -0.15) is 0 Å². The molecule has 2 amide bonds. The first kappa shape index (κ1) is 25.3. The number of carboxylic acids is 1. The minimum Gasteiger partial charge on any atom is -0.477 e. The molecule has 0 radical (unpaired) electrons. The summed E-state index contributed by atoms with van der Waals surface area (Å²) in [6.45, 7) is 0.989. The number of aromatic nitrogens is 1. The van der Waals surface area contributed by atoms with Gasteiger partial charge in [0.15, 0.2) is 10.8 Å². The lowest BCUT2D eigenvalue weighted by Crippen LogP contribution is -2.71. The van der Waals surface area contributed by atoms with E-state index in [9.17, 15) is 19.5 Å². The molecule has 0 spiro atoms. The largest absolute Gasteiger partial charge is 0.477 e. The Morgan fingerprint density at radius 1 is 1.45 bits per heavy atom. The molecule has 4 heterocycles. The van der Waals surface area contributed by atoms with Gasteiger partial charge in [-0.25, -0.2) is 9.78 Å². The van der Waals surface area contributed by atoms with Crippen molar-refractivity contribution in [2.75, 3.05) is 32.2 Å². The molecule has 3 aliphatic heterocycles. The molecule has 0 aliphatic carbocycles. The predicted octanol–water partition coefficient (Wildman–Crippen LogP) is 0.721. The van der Waals surface area contributed by atoms with E-state index in [0.717, 1.165) is 36.3 Å². The van der Waals surface area contributed by atoms with Crippen molar-refractivity contribution in [3.63, 3.8) is 0 Å². The number of aliphatic carboxylic acids is 1. The van der Waals surface area contributed by atoms with Crippen LogP contribution in [0.3, 0.4) is 0 Å². The number of fused-ring (bicyclic) bond motifs is 1. The number of thiazole rings is 1. The van der Waals surface area contributed by atoms with Gasteiger partial charge >= 0.3 is 5.97 Å². The molecule has 11 nitrogen and oxygen atoms in total. The van der Waals surface area contributed by atoms with Crippen LogP contribution in [0.2, 0.25) is 0 Å². The number of carbonyl (C=O) groups is 3. The second-order valence-corrected chi connectivity index (χ2v) is 9.79. The molecule has 180 valence electrons. The third kappa shape index (κ3) is 4.81. The molecule has 0 saturated carbocycles. The van der Waals surface area contributed by atoms with Gasteiger partial charge in [-0.05, 0) is 38.4 Å². The van der Waals surface area contributed by atoms with Gasteiger partial charge in [-0.1, -0.05) is 5.16 Å². The van der Waals surface area contributed by atoms with Crippen molar-refractivity contribution >= 4 is 64.1 Å². The van der Waals surface area contributed by atoms with Crippen LogP contribution in [-0.4, -0.2) is 87.3 Å². The van der Waals surface area contributed by atoms with Gasteiger partial charge in [0.05, 0.1) is 0 Å². The first-order valence-electron chi connectivity index (χ1n) is 10.1. The zero-order valence-corrected chi connectivity index (χ0v) is 20.5. The van der Waals surface area contributed by atoms with E-state index < -0.39 is 29.2 Å². The summed E-state index contributed by atoms with van der Waals surface area (Å²) in [6.07, 6.45) is 2.71. The quantitative estimate of drug-likeness (QED) is 0.270. The Labute approximate surface area is 204 Å². The number of rotatable bonds is 7. The molecule has 33 heavy (non-hydrogen) atoms. The number of nitrogens with one attached hydrogen (secondary N) is 1. The lowest BCUT2D eigenvalue weighted by atomic mass is 9.98. The number of nitrogen functional groups attached to an aromatic ring is 1. The van der Waals surface area contributed by atoms with Crippen molar-refractivity contribution in [2.24, 2.45) is 5.16 Å². The Bertz CT molecular complexity index is 1010. The van der Waals surface area contributed by atoms with Crippen LogP contribution in [0.4, 0.5) is 5.13 Å². The number of thioether (sulfide) groups is 1. The first-order valence-corrected chi connectivity index (χ1v) is 12.0. The zero-order chi connectivity index (χ0) is 23.0. The zero-order valence-electron chi connectivity index (χ0n) is 18.0. The molecule has 1 unspecified atom stereocenters. The van der Waals surface area contributed by atoms with Crippen molar-refractivity contribution in [1.82, 2.24) is 20.1 Å². The van der Waals surface area contributed by atoms with Crippen LogP contribution in [0.1, 0.15) is 25.0 Å². The molecule has 3 atom stereocenters. The fraction of sp³-hybridized carbons (Fsp3) is 0.526. The number of nitrogens with zero attached hydrogens (tertiary/aromatic N) is 4. The normalized spacial score (nSPS) is 25.3. The fourth-order valence-corrected chi connectivity index (χ4v) is 6.17. The number of carboxylic acid groups (broad SMARTS) is 1. The number of nitrogens with two attached hydrogens (primary N) is 1. The van der Waals surface area contributed by atoms with E-state index in [1.807, 2.05) is 7.05 Å². The smallest absolute Gasteiger partial charge is 0.352 e. The van der Waals surface area contributed by atoms with Gasteiger partial charge in [-0.3, -0.25) is 14.5 Å². The van der Waals surface area contributed by atoms with Crippen LogP contribution in [0.15, 0.2) is 21.8 Å². The van der Waals surface area contributed by atoms with Crippen LogP contribution < -0.4 is 11.1 Å². The topological polar surface area (TPSA) is 150 Å². The Hall–Kier alpha value is -2.35. The van der Waals surface area contributed by atoms with E-state index in [1.54, 1.807) is 5.38 Å². The van der Waals surface area contributed by atoms with Crippen molar-refractivity contribution in [2.45, 2.75) is 36.7 Å². The second kappa shape index (κ2) is 10.3. The van der Waals surface area contributed by atoms with Crippen molar-refractivity contribution in [1.29, 1.82) is 0 Å². The summed E-state index contributed by atoms with van der Waals surface area (Å²) in [5, 5.41) is 17.6. The van der Waals surface area contributed by atoms with E-state index >= 15 is 0 Å². The van der Waals surface area contributed by atoms with Gasteiger partial charge in [0, 0.05) is 17.2 Å². The Balaban J connectivity index is 0.00000306. The maximum absolute atomic E-state index is 12.9. The number of hydrogen-bond acceptors (Lipinski definition) is 10. The van der Waals surface area contributed by atoms with Crippen LogP contribution in [0, 0.1) is 0 Å². The number of likely N-dealkylation sites (tertiary alicyclic amines) is 1. The van der Waals surface area contributed by atoms with Crippen molar-refractivity contribution in [3.8, 4) is 0 Å². The van der Waals surface area contributed by atoms with E-state index in [1.165, 1.54) is 23.8 Å². The Morgan fingerprint density at radius 3 is 2.79 bits per heavy atom. The highest BCUT2D eigenvalue weighted by atomic mass is 35.5. The van der Waals surface area contributed by atoms with Crippen LogP contribution in [-0.2, 0) is 19.2 Å². The molecule has 1 aromatic heterocycles. The van der Waals surface area contributed by atoms with E-state index in [0.29, 0.717) is 12.2 Å². The first-order chi connectivity index (χ1) is 15.3. The number of hydrogen-bond donors (Lipinski definition) is 3. The van der Waals surface area contributed by atoms with E-state index in [4.69, 9.17) is 10.6 Å². The summed E-state index contributed by atoms with van der Waals surface area (Å²) in [7, 11) is 3.33. The summed E-state index contributed by atoms with van der Waals surface area (Å²) in [6, 6.07) is -0.586. The van der Waals surface area contributed by atoms with Gasteiger partial charge in [-0.15, -0.1) is 35.5 Å².